The van der Waals surface area contributed by atoms with Crippen LogP contribution in [-0.4, -0.2) is 9.97 Å². The average Bonchev–Trinajstić information content (AvgIpc) is 2.47. The van der Waals surface area contributed by atoms with Gasteiger partial charge in [0, 0.05) is 0 Å². The number of nitrogens with zero attached hydrogens (tertiary/aromatic N) is 1. The van der Waals surface area contributed by atoms with Crippen LogP contribution in [0.5, 0.6) is 0 Å². The zero-order valence-corrected chi connectivity index (χ0v) is 7.95. The van der Waals surface area contributed by atoms with Crippen LogP contribution in [0.25, 0.3) is 11.0 Å². The van der Waals surface area contributed by atoms with Gasteiger partial charge in [-0.25, -0.2) is 9.37 Å². The molecule has 0 radical (unpaired) electrons. The molecule has 68 valence electrons. The number of hydrogen-bond donors (Lipinski definition) is 1. The number of aromatic amines is 1. The van der Waals surface area contributed by atoms with Crippen LogP contribution in [0, 0.1) is 5.82 Å². The summed E-state index contributed by atoms with van der Waals surface area (Å²) in [4.78, 5) is 6.95. The Kier molecular flexibility index (Phi) is 2.14. The minimum absolute atomic E-state index is 0.257. The molecule has 0 unspecified atom stereocenters. The maximum absolute atomic E-state index is 12.8. The molecule has 1 aromatic carbocycles. The Morgan fingerprint density at radius 2 is 2.23 bits per heavy atom. The lowest BCUT2D eigenvalue weighted by Gasteiger charge is -1.91. The molecule has 1 N–H and O–H groups in total. The zero-order chi connectivity index (χ0) is 9.42. The lowest BCUT2D eigenvalue weighted by Crippen LogP contribution is -1.77. The third-order valence-electron chi connectivity index (χ3n) is 1.68. The summed E-state index contributed by atoms with van der Waals surface area (Å²) in [6.07, 6.45) is 0. The highest BCUT2D eigenvalue weighted by Gasteiger charge is 2.07. The predicted octanol–water partition coefficient (Wildman–Crippen LogP) is 3.09. The van der Waals surface area contributed by atoms with Crippen LogP contribution in [0.2, 0.25) is 5.02 Å². The van der Waals surface area contributed by atoms with Crippen LogP contribution in [0.4, 0.5) is 4.39 Å². The maximum atomic E-state index is 12.8. The van der Waals surface area contributed by atoms with Crippen molar-refractivity contribution >= 4 is 34.2 Å². The molecule has 13 heavy (non-hydrogen) atoms. The molecule has 0 aliphatic rings. The summed E-state index contributed by atoms with van der Waals surface area (Å²) in [7, 11) is 0. The highest BCUT2D eigenvalue weighted by atomic mass is 35.5. The quantitative estimate of drug-likeness (QED) is 0.733. The maximum Gasteiger partial charge on any atom is 0.126 e. The van der Waals surface area contributed by atoms with Gasteiger partial charge in [0.15, 0.2) is 0 Å². The van der Waals surface area contributed by atoms with Gasteiger partial charge in [-0.15, -0.1) is 11.6 Å². The van der Waals surface area contributed by atoms with Gasteiger partial charge in [-0.05, 0) is 12.1 Å². The first-order chi connectivity index (χ1) is 6.20. The lowest BCUT2D eigenvalue weighted by molar-refractivity contribution is 0.629. The molecule has 2 rings (SSSR count). The largest absolute Gasteiger partial charge is 0.341 e. The van der Waals surface area contributed by atoms with Gasteiger partial charge >= 0.3 is 0 Å². The third-order valence-corrected chi connectivity index (χ3v) is 2.22. The van der Waals surface area contributed by atoms with E-state index in [2.05, 4.69) is 9.97 Å². The molecule has 0 aliphatic carbocycles. The Morgan fingerprint density at radius 3 is 2.92 bits per heavy atom. The number of alkyl halides is 1. The summed E-state index contributed by atoms with van der Waals surface area (Å²) in [5.74, 6) is 0.457. The minimum Gasteiger partial charge on any atom is -0.341 e. The topological polar surface area (TPSA) is 28.7 Å². The fraction of sp³-hybridized carbons (Fsp3) is 0.125. The smallest absolute Gasteiger partial charge is 0.126 e. The first-order valence-corrected chi connectivity index (χ1v) is 4.51. The monoisotopic (exact) mass is 218 g/mol. The molecular formula is C8H5Cl2FN2. The van der Waals surface area contributed by atoms with E-state index < -0.39 is 0 Å². The molecule has 0 saturated heterocycles. The van der Waals surface area contributed by atoms with Crippen molar-refractivity contribution in [3.8, 4) is 0 Å². The van der Waals surface area contributed by atoms with Crippen LogP contribution >= 0.6 is 23.2 Å². The van der Waals surface area contributed by atoms with Crippen molar-refractivity contribution in [2.24, 2.45) is 0 Å². The van der Waals surface area contributed by atoms with Gasteiger partial charge < -0.3 is 4.98 Å². The summed E-state index contributed by atoms with van der Waals surface area (Å²) < 4.78 is 12.8. The van der Waals surface area contributed by atoms with Gasteiger partial charge in [-0.2, -0.15) is 0 Å². The van der Waals surface area contributed by atoms with E-state index in [1.165, 1.54) is 12.1 Å². The molecular weight excluding hydrogens is 214 g/mol. The number of benzene rings is 1. The summed E-state index contributed by atoms with van der Waals surface area (Å²) in [5, 5.41) is 0.294. The number of nitrogens with one attached hydrogen (secondary N) is 1. The summed E-state index contributed by atoms with van der Waals surface area (Å²) in [5.41, 5.74) is 1.12. The van der Waals surface area contributed by atoms with Crippen LogP contribution in [0.15, 0.2) is 12.1 Å². The lowest BCUT2D eigenvalue weighted by atomic mass is 10.3. The molecule has 1 heterocycles. The fourth-order valence-electron chi connectivity index (χ4n) is 1.16. The van der Waals surface area contributed by atoms with E-state index in [0.29, 0.717) is 21.9 Å². The SMILES string of the molecule is Fc1cc(Cl)c2nc(CCl)[nH]c2c1. The fourth-order valence-corrected chi connectivity index (χ4v) is 1.53. The minimum atomic E-state index is -0.387. The van der Waals surface area contributed by atoms with E-state index in [9.17, 15) is 4.39 Å². The van der Waals surface area contributed by atoms with Crippen molar-refractivity contribution in [1.82, 2.24) is 9.97 Å². The van der Waals surface area contributed by atoms with Crippen LogP contribution < -0.4 is 0 Å². The van der Waals surface area contributed by atoms with E-state index >= 15 is 0 Å². The molecule has 0 amide bonds. The Labute approximate surface area is 83.7 Å². The molecule has 0 aliphatic heterocycles. The first-order valence-electron chi connectivity index (χ1n) is 3.60. The standard InChI is InChI=1S/C8H5Cl2FN2/c9-3-7-12-6-2-4(11)1-5(10)8(6)13-7/h1-2H,3H2,(H,12,13). The number of imidazole rings is 1. The Morgan fingerprint density at radius 1 is 1.46 bits per heavy atom. The molecule has 2 nitrogen and oxygen atoms in total. The van der Waals surface area contributed by atoms with Gasteiger partial charge in [0.25, 0.3) is 0 Å². The van der Waals surface area contributed by atoms with E-state index in [1.807, 2.05) is 0 Å². The van der Waals surface area contributed by atoms with E-state index in [-0.39, 0.29) is 11.7 Å². The molecule has 0 atom stereocenters. The second-order valence-corrected chi connectivity index (χ2v) is 3.28. The normalized spacial score (nSPS) is 11.0. The number of H-pyrrole nitrogens is 1. The molecule has 0 spiro atoms. The first kappa shape index (κ1) is 8.78. The van der Waals surface area contributed by atoms with Crippen molar-refractivity contribution in [1.29, 1.82) is 0 Å². The number of fused-ring (bicyclic) bond motifs is 1. The molecule has 1 aromatic heterocycles. The molecule has 2 aromatic rings. The molecule has 0 saturated carbocycles. The number of hydrogen-bond acceptors (Lipinski definition) is 1. The number of halogens is 3. The third kappa shape index (κ3) is 1.49. The van der Waals surface area contributed by atoms with Crippen LogP contribution in [-0.2, 0) is 5.88 Å². The average molecular weight is 219 g/mol. The van der Waals surface area contributed by atoms with Crippen molar-refractivity contribution in [2.75, 3.05) is 0 Å². The molecule has 0 fully saturated rings. The van der Waals surface area contributed by atoms with Crippen LogP contribution in [0.1, 0.15) is 5.82 Å². The summed E-state index contributed by atoms with van der Waals surface area (Å²) in [6.45, 7) is 0. The summed E-state index contributed by atoms with van der Waals surface area (Å²) >= 11 is 11.3. The van der Waals surface area contributed by atoms with Crippen LogP contribution in [0.3, 0.4) is 0 Å². The van der Waals surface area contributed by atoms with E-state index in [0.717, 1.165) is 0 Å². The Balaban J connectivity index is 2.75. The van der Waals surface area contributed by atoms with E-state index in [1.54, 1.807) is 0 Å². The highest BCUT2D eigenvalue weighted by molar-refractivity contribution is 6.34. The Bertz CT molecular complexity index is 453. The van der Waals surface area contributed by atoms with Crippen molar-refractivity contribution in [3.63, 3.8) is 0 Å². The number of rotatable bonds is 1. The highest BCUT2D eigenvalue weighted by Crippen LogP contribution is 2.23. The van der Waals surface area contributed by atoms with Gasteiger partial charge in [0.2, 0.25) is 0 Å². The predicted molar refractivity (Wildman–Crippen MR) is 50.6 cm³/mol. The van der Waals surface area contributed by atoms with Gasteiger partial charge in [0.1, 0.15) is 17.2 Å². The zero-order valence-electron chi connectivity index (χ0n) is 6.44. The molecule has 5 heteroatoms. The van der Waals surface area contributed by atoms with Gasteiger partial charge in [-0.1, -0.05) is 11.6 Å². The van der Waals surface area contributed by atoms with Crippen molar-refractivity contribution in [2.45, 2.75) is 5.88 Å². The van der Waals surface area contributed by atoms with Gasteiger partial charge in [-0.3, -0.25) is 0 Å². The van der Waals surface area contributed by atoms with Crippen molar-refractivity contribution in [3.05, 3.63) is 28.8 Å². The summed E-state index contributed by atoms with van der Waals surface area (Å²) in [6, 6.07) is 2.56. The van der Waals surface area contributed by atoms with Crippen molar-refractivity contribution < 1.29 is 4.39 Å². The number of aromatic nitrogens is 2. The Hall–Kier alpha value is -0.800. The molecule has 0 bridgehead atoms. The second kappa shape index (κ2) is 3.16. The second-order valence-electron chi connectivity index (χ2n) is 2.60. The van der Waals surface area contributed by atoms with Gasteiger partial charge in [0.05, 0.1) is 16.4 Å². The van der Waals surface area contributed by atoms with E-state index in [4.69, 9.17) is 23.2 Å².